The highest BCUT2D eigenvalue weighted by Gasteiger charge is 2.28. The lowest BCUT2D eigenvalue weighted by atomic mass is 10.1. The standard InChI is InChI=1S/C16H23ClN2O3S2/c1-19(2)15(13-5-3-4-6-14(13)17)9-18-16(20)10-23-12-7-8-24(21,22)11-12/h3-6,12,15H,7-11H2,1-2H3,(H,18,20). The van der Waals surface area contributed by atoms with Gasteiger partial charge in [0.1, 0.15) is 0 Å². The molecular formula is C16H23ClN2O3S2. The minimum absolute atomic E-state index is 0.0143. The molecule has 134 valence electrons. The number of thioether (sulfide) groups is 1. The maximum atomic E-state index is 12.1. The zero-order chi connectivity index (χ0) is 17.7. The number of halogens is 1. The Labute approximate surface area is 153 Å². The molecule has 1 fully saturated rings. The summed E-state index contributed by atoms with van der Waals surface area (Å²) < 4.78 is 22.9. The number of rotatable bonds is 7. The third-order valence-corrected chi connectivity index (χ3v) is 7.65. The average Bonchev–Trinajstić information content (AvgIpc) is 2.86. The molecular weight excluding hydrogens is 368 g/mol. The molecule has 1 aliphatic rings. The summed E-state index contributed by atoms with van der Waals surface area (Å²) in [5.41, 5.74) is 0.971. The second kappa shape index (κ2) is 8.56. The fraction of sp³-hybridized carbons (Fsp3) is 0.562. The number of sulfone groups is 1. The smallest absolute Gasteiger partial charge is 0.230 e. The number of benzene rings is 1. The number of hydrogen-bond acceptors (Lipinski definition) is 5. The van der Waals surface area contributed by atoms with Crippen LogP contribution < -0.4 is 5.32 Å². The number of amides is 1. The molecule has 1 saturated heterocycles. The van der Waals surface area contributed by atoms with E-state index in [1.807, 2.05) is 43.3 Å². The van der Waals surface area contributed by atoms with Crippen molar-refractivity contribution >= 4 is 39.1 Å². The molecule has 5 nitrogen and oxygen atoms in total. The number of likely N-dealkylation sites (N-methyl/N-ethyl adjacent to an activating group) is 1. The fourth-order valence-corrected chi connectivity index (χ4v) is 6.40. The van der Waals surface area contributed by atoms with E-state index < -0.39 is 9.84 Å². The molecule has 1 amide bonds. The first-order valence-corrected chi connectivity index (χ1v) is 11.0. The van der Waals surface area contributed by atoms with E-state index in [9.17, 15) is 13.2 Å². The maximum Gasteiger partial charge on any atom is 0.230 e. The van der Waals surface area contributed by atoms with Gasteiger partial charge in [0.15, 0.2) is 9.84 Å². The summed E-state index contributed by atoms with van der Waals surface area (Å²) >= 11 is 7.67. The van der Waals surface area contributed by atoms with Gasteiger partial charge < -0.3 is 10.2 Å². The van der Waals surface area contributed by atoms with E-state index in [-0.39, 0.29) is 34.5 Å². The van der Waals surface area contributed by atoms with Crippen LogP contribution in [0, 0.1) is 0 Å². The van der Waals surface area contributed by atoms with Gasteiger partial charge >= 0.3 is 0 Å². The van der Waals surface area contributed by atoms with Gasteiger partial charge in [0.25, 0.3) is 0 Å². The molecule has 0 bridgehead atoms. The Morgan fingerprint density at radius 3 is 2.71 bits per heavy atom. The Kier molecular flexibility index (Phi) is 6.98. The van der Waals surface area contributed by atoms with Crippen LogP contribution in [0.2, 0.25) is 5.02 Å². The average molecular weight is 391 g/mol. The highest BCUT2D eigenvalue weighted by Crippen LogP contribution is 2.26. The molecule has 2 atom stereocenters. The number of hydrogen-bond donors (Lipinski definition) is 1. The van der Waals surface area contributed by atoms with Crippen molar-refractivity contribution < 1.29 is 13.2 Å². The van der Waals surface area contributed by atoms with E-state index in [1.54, 1.807) is 0 Å². The topological polar surface area (TPSA) is 66.5 Å². The summed E-state index contributed by atoms with van der Waals surface area (Å²) in [5, 5.41) is 3.64. The Morgan fingerprint density at radius 2 is 2.12 bits per heavy atom. The highest BCUT2D eigenvalue weighted by atomic mass is 35.5. The monoisotopic (exact) mass is 390 g/mol. The molecule has 0 aliphatic carbocycles. The maximum absolute atomic E-state index is 12.1. The van der Waals surface area contributed by atoms with E-state index in [2.05, 4.69) is 5.32 Å². The molecule has 0 spiro atoms. The first kappa shape index (κ1) is 19.6. The van der Waals surface area contributed by atoms with Crippen LogP contribution in [0.1, 0.15) is 18.0 Å². The molecule has 24 heavy (non-hydrogen) atoms. The summed E-state index contributed by atoms with van der Waals surface area (Å²) in [5.74, 6) is 0.623. The molecule has 1 aliphatic heterocycles. The molecule has 8 heteroatoms. The van der Waals surface area contributed by atoms with Crippen LogP contribution in [0.3, 0.4) is 0 Å². The van der Waals surface area contributed by atoms with Crippen molar-refractivity contribution in [2.24, 2.45) is 0 Å². The molecule has 1 aromatic carbocycles. The lowest BCUT2D eigenvalue weighted by molar-refractivity contribution is -0.118. The van der Waals surface area contributed by atoms with Gasteiger partial charge in [-0.15, -0.1) is 11.8 Å². The normalized spacial score (nSPS) is 20.9. The Hall–Kier alpha value is -0.760. The first-order valence-electron chi connectivity index (χ1n) is 7.78. The Balaban J connectivity index is 1.84. The quantitative estimate of drug-likeness (QED) is 0.771. The minimum Gasteiger partial charge on any atom is -0.353 e. The van der Waals surface area contributed by atoms with E-state index in [4.69, 9.17) is 11.6 Å². The lowest BCUT2D eigenvalue weighted by Gasteiger charge is -2.26. The Morgan fingerprint density at radius 1 is 1.42 bits per heavy atom. The van der Waals surface area contributed by atoms with Gasteiger partial charge in [-0.05, 0) is 32.1 Å². The predicted octanol–water partition coefficient (Wildman–Crippen LogP) is 1.98. The molecule has 2 unspecified atom stereocenters. The fourth-order valence-electron chi connectivity index (χ4n) is 2.66. The van der Waals surface area contributed by atoms with Gasteiger partial charge in [-0.25, -0.2) is 8.42 Å². The third kappa shape index (κ3) is 5.65. The van der Waals surface area contributed by atoms with E-state index in [1.165, 1.54) is 11.8 Å². The zero-order valence-electron chi connectivity index (χ0n) is 13.9. The van der Waals surface area contributed by atoms with Gasteiger partial charge in [0.05, 0.1) is 23.3 Å². The largest absolute Gasteiger partial charge is 0.353 e. The third-order valence-electron chi connectivity index (χ3n) is 4.02. The summed E-state index contributed by atoms with van der Waals surface area (Å²) in [6, 6.07) is 7.59. The zero-order valence-corrected chi connectivity index (χ0v) is 16.3. The molecule has 2 rings (SSSR count). The van der Waals surface area contributed by atoms with Crippen molar-refractivity contribution in [1.29, 1.82) is 0 Å². The summed E-state index contributed by atoms with van der Waals surface area (Å²) in [4.78, 5) is 14.1. The summed E-state index contributed by atoms with van der Waals surface area (Å²) in [6.07, 6.45) is 0.639. The molecule has 0 aromatic heterocycles. The van der Waals surface area contributed by atoms with Crippen molar-refractivity contribution in [3.8, 4) is 0 Å². The lowest BCUT2D eigenvalue weighted by Crippen LogP contribution is -2.35. The molecule has 0 radical (unpaired) electrons. The van der Waals surface area contributed by atoms with E-state index >= 15 is 0 Å². The van der Waals surface area contributed by atoms with Crippen molar-refractivity contribution in [1.82, 2.24) is 10.2 Å². The van der Waals surface area contributed by atoms with Gasteiger partial charge in [0, 0.05) is 16.8 Å². The van der Waals surface area contributed by atoms with Crippen molar-refractivity contribution in [2.45, 2.75) is 17.7 Å². The molecule has 1 aromatic rings. The number of carbonyl (C=O) groups excluding carboxylic acids is 1. The van der Waals surface area contributed by atoms with Gasteiger partial charge in [-0.2, -0.15) is 0 Å². The number of nitrogens with one attached hydrogen (secondary N) is 1. The highest BCUT2D eigenvalue weighted by molar-refractivity contribution is 8.02. The van der Waals surface area contributed by atoms with Crippen LogP contribution in [-0.4, -0.2) is 62.4 Å². The van der Waals surface area contributed by atoms with Crippen molar-refractivity contribution in [3.05, 3.63) is 34.9 Å². The van der Waals surface area contributed by atoms with Crippen LogP contribution >= 0.6 is 23.4 Å². The second-order valence-electron chi connectivity index (χ2n) is 6.14. The summed E-state index contributed by atoms with van der Waals surface area (Å²) in [7, 11) is 0.991. The Bertz CT molecular complexity index is 680. The van der Waals surface area contributed by atoms with Gasteiger partial charge in [0.2, 0.25) is 5.91 Å². The van der Waals surface area contributed by atoms with E-state index in [0.29, 0.717) is 18.0 Å². The molecule has 1 N–H and O–H groups in total. The molecule has 1 heterocycles. The number of nitrogens with zero attached hydrogens (tertiary/aromatic N) is 1. The minimum atomic E-state index is -2.89. The SMILES string of the molecule is CN(C)C(CNC(=O)CSC1CCS(=O)(=O)C1)c1ccccc1Cl. The number of carbonyl (C=O) groups is 1. The van der Waals surface area contributed by atoms with Crippen molar-refractivity contribution in [2.75, 3.05) is 37.9 Å². The van der Waals surface area contributed by atoms with Crippen LogP contribution in [0.15, 0.2) is 24.3 Å². The van der Waals surface area contributed by atoms with Crippen LogP contribution in [0.5, 0.6) is 0 Å². The first-order chi connectivity index (χ1) is 11.3. The van der Waals surface area contributed by atoms with Gasteiger partial charge in [-0.1, -0.05) is 29.8 Å². The second-order valence-corrected chi connectivity index (χ2v) is 10.1. The van der Waals surface area contributed by atoms with Crippen LogP contribution in [0.25, 0.3) is 0 Å². The van der Waals surface area contributed by atoms with E-state index in [0.717, 1.165) is 5.56 Å². The van der Waals surface area contributed by atoms with Gasteiger partial charge in [-0.3, -0.25) is 4.79 Å². The predicted molar refractivity (Wildman–Crippen MR) is 100 cm³/mol. The van der Waals surface area contributed by atoms with Crippen LogP contribution in [-0.2, 0) is 14.6 Å². The molecule has 0 saturated carbocycles. The van der Waals surface area contributed by atoms with Crippen molar-refractivity contribution in [3.63, 3.8) is 0 Å². The summed E-state index contributed by atoms with van der Waals surface area (Å²) in [6.45, 7) is 0.457. The van der Waals surface area contributed by atoms with Crippen LogP contribution in [0.4, 0.5) is 0 Å².